The maximum Gasteiger partial charge on any atom is 0.264 e. The Morgan fingerprint density at radius 1 is 1.03 bits per heavy atom. The van der Waals surface area contributed by atoms with Gasteiger partial charge in [0, 0.05) is 10.6 Å². The zero-order chi connectivity index (χ0) is 22.7. The van der Waals surface area contributed by atoms with Crippen LogP contribution in [0, 0.1) is 0 Å². The normalized spacial score (nSPS) is 17.2. The van der Waals surface area contributed by atoms with Crippen molar-refractivity contribution >= 4 is 29.0 Å². The molecule has 1 unspecified atom stereocenters. The molecule has 3 aromatic carbocycles. The standard InChI is InChI=1S/C25H22ClNO5/c1-31-23-9-5-2-6-19(23)22(28)16-25(30)20-7-3-4-8-21(20)27(24(25)29)14-15-32-18-12-10-17(26)11-13-18/h2-13,30H,14-16H2,1H3. The number of para-hydroxylation sites is 2. The number of hydrogen-bond donors (Lipinski definition) is 1. The zero-order valence-corrected chi connectivity index (χ0v) is 18.2. The summed E-state index contributed by atoms with van der Waals surface area (Å²) in [6.45, 7) is 0.419. The van der Waals surface area contributed by atoms with E-state index in [9.17, 15) is 14.7 Å². The Morgan fingerprint density at radius 3 is 2.47 bits per heavy atom. The third-order valence-electron chi connectivity index (χ3n) is 5.46. The number of carbonyl (C=O) groups excluding carboxylic acids is 2. The van der Waals surface area contributed by atoms with Crippen LogP contribution in [0.1, 0.15) is 22.3 Å². The molecule has 0 radical (unpaired) electrons. The molecule has 0 aromatic heterocycles. The SMILES string of the molecule is COc1ccccc1C(=O)CC1(O)C(=O)N(CCOc2ccc(Cl)cc2)c2ccccc21. The lowest BCUT2D eigenvalue weighted by atomic mass is 9.88. The number of amides is 1. The molecule has 0 fully saturated rings. The summed E-state index contributed by atoms with van der Waals surface area (Å²) in [5, 5.41) is 12.0. The molecule has 0 aliphatic carbocycles. The molecule has 1 aliphatic rings. The highest BCUT2D eigenvalue weighted by Gasteiger charge is 2.50. The summed E-state index contributed by atoms with van der Waals surface area (Å²) in [6.07, 6.45) is -0.391. The van der Waals surface area contributed by atoms with E-state index in [-0.39, 0.29) is 18.9 Å². The lowest BCUT2D eigenvalue weighted by Crippen LogP contribution is -2.43. The molecule has 1 aliphatic heterocycles. The number of methoxy groups -OCH3 is 1. The van der Waals surface area contributed by atoms with Gasteiger partial charge in [0.05, 0.1) is 31.3 Å². The molecule has 32 heavy (non-hydrogen) atoms. The van der Waals surface area contributed by atoms with E-state index in [2.05, 4.69) is 0 Å². The molecular weight excluding hydrogens is 430 g/mol. The van der Waals surface area contributed by atoms with Gasteiger partial charge in [0.25, 0.3) is 5.91 Å². The first-order chi connectivity index (χ1) is 15.4. The van der Waals surface area contributed by atoms with Crippen molar-refractivity contribution < 1.29 is 24.2 Å². The summed E-state index contributed by atoms with van der Waals surface area (Å²) < 4.78 is 11.0. The molecule has 0 saturated heterocycles. The topological polar surface area (TPSA) is 76.1 Å². The van der Waals surface area contributed by atoms with E-state index < -0.39 is 17.9 Å². The van der Waals surface area contributed by atoms with Crippen LogP contribution in [-0.2, 0) is 10.4 Å². The largest absolute Gasteiger partial charge is 0.496 e. The van der Waals surface area contributed by atoms with Crippen molar-refractivity contribution in [1.29, 1.82) is 0 Å². The summed E-state index contributed by atoms with van der Waals surface area (Å²) >= 11 is 5.89. The van der Waals surface area contributed by atoms with Gasteiger partial charge >= 0.3 is 0 Å². The van der Waals surface area contributed by atoms with Crippen molar-refractivity contribution in [3.8, 4) is 11.5 Å². The van der Waals surface area contributed by atoms with Gasteiger partial charge in [-0.25, -0.2) is 0 Å². The second-order valence-corrected chi connectivity index (χ2v) is 7.87. The molecule has 4 rings (SSSR count). The van der Waals surface area contributed by atoms with Crippen LogP contribution in [0.3, 0.4) is 0 Å². The number of fused-ring (bicyclic) bond motifs is 1. The first kappa shape index (κ1) is 21.9. The number of carbonyl (C=O) groups is 2. The smallest absolute Gasteiger partial charge is 0.264 e. The number of ketones is 1. The fourth-order valence-electron chi connectivity index (χ4n) is 3.89. The van der Waals surface area contributed by atoms with Crippen molar-refractivity contribution in [2.75, 3.05) is 25.2 Å². The van der Waals surface area contributed by atoms with E-state index >= 15 is 0 Å². The van der Waals surface area contributed by atoms with E-state index in [1.807, 2.05) is 0 Å². The fraction of sp³-hybridized carbons (Fsp3) is 0.200. The van der Waals surface area contributed by atoms with E-state index in [4.69, 9.17) is 21.1 Å². The van der Waals surface area contributed by atoms with Gasteiger partial charge in [-0.3, -0.25) is 9.59 Å². The van der Waals surface area contributed by atoms with Crippen molar-refractivity contribution in [2.24, 2.45) is 0 Å². The highest BCUT2D eigenvalue weighted by molar-refractivity contribution is 6.30. The Kier molecular flexibility index (Phi) is 6.17. The van der Waals surface area contributed by atoms with Gasteiger partial charge in [-0.05, 0) is 42.5 Å². The molecule has 1 heterocycles. The van der Waals surface area contributed by atoms with Gasteiger partial charge in [0.1, 0.15) is 18.1 Å². The van der Waals surface area contributed by atoms with Crippen LogP contribution in [0.4, 0.5) is 5.69 Å². The minimum atomic E-state index is -1.96. The Hall–Kier alpha value is -3.35. The van der Waals surface area contributed by atoms with Crippen LogP contribution in [0.25, 0.3) is 0 Å². The molecular formula is C25H22ClNO5. The first-order valence-electron chi connectivity index (χ1n) is 10.1. The predicted molar refractivity (Wildman–Crippen MR) is 122 cm³/mol. The van der Waals surface area contributed by atoms with Crippen LogP contribution in [-0.4, -0.2) is 37.1 Å². The maximum atomic E-state index is 13.3. The van der Waals surface area contributed by atoms with Crippen molar-refractivity contribution in [2.45, 2.75) is 12.0 Å². The average molecular weight is 452 g/mol. The Morgan fingerprint density at radius 2 is 1.72 bits per heavy atom. The summed E-state index contributed by atoms with van der Waals surface area (Å²) in [7, 11) is 1.47. The number of ether oxygens (including phenoxy) is 2. The predicted octanol–water partition coefficient (Wildman–Crippen LogP) is 4.23. The molecule has 1 N–H and O–H groups in total. The molecule has 0 saturated carbocycles. The number of hydrogen-bond acceptors (Lipinski definition) is 5. The average Bonchev–Trinajstić information content (AvgIpc) is 3.02. The molecule has 1 amide bonds. The molecule has 7 heteroatoms. The molecule has 1 atom stereocenters. The molecule has 164 valence electrons. The van der Waals surface area contributed by atoms with Crippen molar-refractivity contribution in [3.05, 3.63) is 88.9 Å². The second-order valence-electron chi connectivity index (χ2n) is 7.44. The summed E-state index contributed by atoms with van der Waals surface area (Å²) in [4.78, 5) is 27.8. The minimum absolute atomic E-state index is 0.207. The minimum Gasteiger partial charge on any atom is -0.496 e. The van der Waals surface area contributed by atoms with Gasteiger partial charge in [-0.2, -0.15) is 0 Å². The molecule has 0 spiro atoms. The lowest BCUT2D eigenvalue weighted by Gasteiger charge is -2.23. The summed E-state index contributed by atoms with van der Waals surface area (Å²) in [5.74, 6) is 0.0815. The highest BCUT2D eigenvalue weighted by atomic mass is 35.5. The van der Waals surface area contributed by atoms with Crippen molar-refractivity contribution in [3.63, 3.8) is 0 Å². The van der Waals surface area contributed by atoms with Crippen LogP contribution < -0.4 is 14.4 Å². The van der Waals surface area contributed by atoms with E-state index in [0.29, 0.717) is 33.3 Å². The van der Waals surface area contributed by atoms with E-state index in [1.54, 1.807) is 72.8 Å². The number of rotatable bonds is 8. The Bertz CT molecular complexity index is 1150. The van der Waals surface area contributed by atoms with E-state index in [0.717, 1.165) is 0 Å². The van der Waals surface area contributed by atoms with Crippen LogP contribution in [0.5, 0.6) is 11.5 Å². The third kappa shape index (κ3) is 4.07. The van der Waals surface area contributed by atoms with Crippen LogP contribution in [0.2, 0.25) is 5.02 Å². The van der Waals surface area contributed by atoms with Gasteiger partial charge < -0.3 is 19.5 Å². The number of benzene rings is 3. The Labute approximate surface area is 191 Å². The van der Waals surface area contributed by atoms with Gasteiger partial charge in [-0.15, -0.1) is 0 Å². The van der Waals surface area contributed by atoms with E-state index in [1.165, 1.54) is 12.0 Å². The van der Waals surface area contributed by atoms with Crippen molar-refractivity contribution in [1.82, 2.24) is 0 Å². The lowest BCUT2D eigenvalue weighted by molar-refractivity contribution is -0.135. The quantitative estimate of drug-likeness (QED) is 0.518. The Balaban J connectivity index is 1.55. The monoisotopic (exact) mass is 451 g/mol. The van der Waals surface area contributed by atoms with Crippen LogP contribution >= 0.6 is 11.6 Å². The molecule has 3 aromatic rings. The first-order valence-corrected chi connectivity index (χ1v) is 10.5. The van der Waals surface area contributed by atoms with Gasteiger partial charge in [0.15, 0.2) is 11.4 Å². The summed E-state index contributed by atoms with van der Waals surface area (Å²) in [5.41, 5.74) is -0.681. The zero-order valence-electron chi connectivity index (χ0n) is 17.5. The number of nitrogens with zero attached hydrogens (tertiary/aromatic N) is 1. The highest BCUT2D eigenvalue weighted by Crippen LogP contribution is 2.43. The van der Waals surface area contributed by atoms with Gasteiger partial charge in [0.2, 0.25) is 0 Å². The summed E-state index contributed by atoms with van der Waals surface area (Å²) in [6, 6.07) is 20.6. The molecule has 6 nitrogen and oxygen atoms in total. The number of anilines is 1. The number of aliphatic hydroxyl groups is 1. The van der Waals surface area contributed by atoms with Gasteiger partial charge in [-0.1, -0.05) is 41.9 Å². The fourth-order valence-corrected chi connectivity index (χ4v) is 4.01. The number of Topliss-reactive ketones (excluding diaryl/α,β-unsaturated/α-hetero) is 1. The number of halogens is 1. The van der Waals surface area contributed by atoms with Crippen LogP contribution in [0.15, 0.2) is 72.8 Å². The molecule has 0 bridgehead atoms. The maximum absolute atomic E-state index is 13.3. The third-order valence-corrected chi connectivity index (χ3v) is 5.71. The second kappa shape index (κ2) is 9.02.